The summed E-state index contributed by atoms with van der Waals surface area (Å²) in [5.74, 6) is 0.648. The minimum Gasteiger partial charge on any atom is -0.468 e. The lowest BCUT2D eigenvalue weighted by Crippen LogP contribution is -2.51. The summed E-state index contributed by atoms with van der Waals surface area (Å²) in [5, 5.41) is 2.68. The average molecular weight is 313 g/mol. The fourth-order valence-corrected chi connectivity index (χ4v) is 4.58. The molecule has 0 radical (unpaired) electrons. The van der Waals surface area contributed by atoms with E-state index in [0.29, 0.717) is 31.7 Å². The molecule has 116 valence electrons. The summed E-state index contributed by atoms with van der Waals surface area (Å²) in [6, 6.07) is 3.09. The molecule has 2 aliphatic heterocycles. The molecule has 1 amide bonds. The lowest BCUT2D eigenvalue weighted by Gasteiger charge is -2.28. The summed E-state index contributed by atoms with van der Waals surface area (Å²) < 4.78 is 34.6. The second-order valence-corrected chi connectivity index (χ2v) is 7.10. The molecule has 2 atom stereocenters. The molecule has 0 saturated carbocycles. The van der Waals surface area contributed by atoms with Crippen LogP contribution in [0.2, 0.25) is 0 Å². The maximum Gasteiger partial charge on any atom is 0.280 e. The van der Waals surface area contributed by atoms with E-state index in [4.69, 9.17) is 4.42 Å². The van der Waals surface area contributed by atoms with Gasteiger partial charge in [0, 0.05) is 25.6 Å². The van der Waals surface area contributed by atoms with Gasteiger partial charge in [-0.2, -0.15) is 17.4 Å². The summed E-state index contributed by atoms with van der Waals surface area (Å²) >= 11 is 0. The van der Waals surface area contributed by atoms with Gasteiger partial charge in [-0.05, 0) is 31.4 Å². The molecule has 0 aromatic carbocycles. The van der Waals surface area contributed by atoms with Crippen LogP contribution >= 0.6 is 0 Å². The second-order valence-electron chi connectivity index (χ2n) is 5.45. The highest BCUT2D eigenvalue weighted by atomic mass is 32.2. The van der Waals surface area contributed by atoms with E-state index in [1.165, 1.54) is 4.31 Å². The van der Waals surface area contributed by atoms with Gasteiger partial charge in [-0.1, -0.05) is 0 Å². The molecule has 7 nitrogen and oxygen atoms in total. The normalized spacial score (nSPS) is 27.7. The van der Waals surface area contributed by atoms with Gasteiger partial charge in [0.2, 0.25) is 5.91 Å². The Morgan fingerprint density at radius 1 is 1.38 bits per heavy atom. The van der Waals surface area contributed by atoms with Crippen LogP contribution < -0.4 is 10.0 Å². The van der Waals surface area contributed by atoms with Crippen LogP contribution in [0.25, 0.3) is 0 Å². The molecule has 0 aliphatic carbocycles. The number of nitrogens with zero attached hydrogens (tertiary/aromatic N) is 1. The van der Waals surface area contributed by atoms with Crippen molar-refractivity contribution in [2.24, 2.45) is 0 Å². The third kappa shape index (κ3) is 3.12. The third-order valence-corrected chi connectivity index (χ3v) is 5.65. The summed E-state index contributed by atoms with van der Waals surface area (Å²) in [6.07, 6.45) is 4.02. The smallest absolute Gasteiger partial charge is 0.280 e. The molecule has 2 N–H and O–H groups in total. The van der Waals surface area contributed by atoms with Crippen molar-refractivity contribution in [1.29, 1.82) is 0 Å². The standard InChI is InChI=1S/C13H19N3O4S/c17-13-6-5-10(9-14-13)15-21(18,19)16-7-1-3-11(16)12-4-2-8-20-12/h2,4,8,10-11,15H,1,3,5-7,9H2,(H,14,17). The number of hydrogen-bond acceptors (Lipinski definition) is 4. The maximum atomic E-state index is 12.5. The van der Waals surface area contributed by atoms with Gasteiger partial charge in [0.25, 0.3) is 10.2 Å². The van der Waals surface area contributed by atoms with Crippen LogP contribution in [0.3, 0.4) is 0 Å². The van der Waals surface area contributed by atoms with Gasteiger partial charge in [0.15, 0.2) is 0 Å². The predicted molar refractivity (Wildman–Crippen MR) is 75.5 cm³/mol. The van der Waals surface area contributed by atoms with Crippen molar-refractivity contribution < 1.29 is 17.6 Å². The largest absolute Gasteiger partial charge is 0.468 e. The van der Waals surface area contributed by atoms with Gasteiger partial charge in [-0.15, -0.1) is 0 Å². The van der Waals surface area contributed by atoms with Crippen molar-refractivity contribution in [2.75, 3.05) is 13.1 Å². The first-order valence-corrected chi connectivity index (χ1v) is 8.59. The molecule has 8 heteroatoms. The Bertz CT molecular complexity index is 589. The molecule has 1 aromatic rings. The van der Waals surface area contributed by atoms with Gasteiger partial charge in [-0.25, -0.2) is 0 Å². The highest BCUT2D eigenvalue weighted by Crippen LogP contribution is 2.34. The second kappa shape index (κ2) is 5.78. The topological polar surface area (TPSA) is 91.7 Å². The number of carbonyl (C=O) groups is 1. The fraction of sp³-hybridized carbons (Fsp3) is 0.615. The first-order valence-electron chi connectivity index (χ1n) is 7.15. The van der Waals surface area contributed by atoms with Crippen molar-refractivity contribution in [1.82, 2.24) is 14.3 Å². The minimum absolute atomic E-state index is 0.0277. The van der Waals surface area contributed by atoms with E-state index in [1.807, 2.05) is 0 Å². The van der Waals surface area contributed by atoms with E-state index >= 15 is 0 Å². The highest BCUT2D eigenvalue weighted by molar-refractivity contribution is 7.87. The molecule has 3 rings (SSSR count). The first-order chi connectivity index (χ1) is 10.1. The lowest BCUT2D eigenvalue weighted by atomic mass is 10.1. The molecule has 0 bridgehead atoms. The van der Waals surface area contributed by atoms with Gasteiger partial charge < -0.3 is 9.73 Å². The van der Waals surface area contributed by atoms with Gasteiger partial charge in [0.1, 0.15) is 5.76 Å². The lowest BCUT2D eigenvalue weighted by molar-refractivity contribution is -0.122. The van der Waals surface area contributed by atoms with E-state index in [2.05, 4.69) is 10.0 Å². The zero-order valence-electron chi connectivity index (χ0n) is 11.6. The van der Waals surface area contributed by atoms with Gasteiger partial charge in [-0.3, -0.25) is 4.79 Å². The number of carbonyl (C=O) groups excluding carboxylic acids is 1. The van der Waals surface area contributed by atoms with E-state index < -0.39 is 10.2 Å². The van der Waals surface area contributed by atoms with E-state index in [-0.39, 0.29) is 18.0 Å². The Morgan fingerprint density at radius 3 is 2.90 bits per heavy atom. The van der Waals surface area contributed by atoms with Crippen LogP contribution in [0.4, 0.5) is 0 Å². The van der Waals surface area contributed by atoms with E-state index in [0.717, 1.165) is 12.8 Å². The Morgan fingerprint density at radius 2 is 2.24 bits per heavy atom. The summed E-state index contributed by atoms with van der Waals surface area (Å²) in [7, 11) is -3.58. The number of hydrogen-bond donors (Lipinski definition) is 2. The summed E-state index contributed by atoms with van der Waals surface area (Å²) in [4.78, 5) is 11.1. The molecule has 1 aromatic heterocycles. The van der Waals surface area contributed by atoms with Crippen molar-refractivity contribution >= 4 is 16.1 Å². The number of rotatable bonds is 4. The maximum absolute atomic E-state index is 12.5. The van der Waals surface area contributed by atoms with Crippen molar-refractivity contribution in [3.05, 3.63) is 24.2 Å². The Kier molecular flexibility index (Phi) is 4.01. The van der Waals surface area contributed by atoms with E-state index in [1.54, 1.807) is 18.4 Å². The Labute approximate surface area is 123 Å². The van der Waals surface area contributed by atoms with Crippen molar-refractivity contribution in [2.45, 2.75) is 37.8 Å². The molecule has 0 spiro atoms. The molecular weight excluding hydrogens is 294 g/mol. The van der Waals surface area contributed by atoms with Crippen LogP contribution in [0.15, 0.2) is 22.8 Å². The zero-order chi connectivity index (χ0) is 14.9. The average Bonchev–Trinajstić information content (AvgIpc) is 3.11. The SMILES string of the molecule is O=C1CCC(NS(=O)(=O)N2CCCC2c2ccco2)CN1. The highest BCUT2D eigenvalue weighted by Gasteiger charge is 2.38. The Hall–Kier alpha value is -1.38. The molecular formula is C13H19N3O4S. The van der Waals surface area contributed by atoms with Crippen LogP contribution in [0, 0.1) is 0 Å². The summed E-state index contributed by atoms with van der Waals surface area (Å²) in [6.45, 7) is 0.830. The van der Waals surface area contributed by atoms with Crippen molar-refractivity contribution in [3.63, 3.8) is 0 Å². The Balaban J connectivity index is 1.70. The molecule has 3 heterocycles. The van der Waals surface area contributed by atoms with Crippen LogP contribution in [0.1, 0.15) is 37.5 Å². The quantitative estimate of drug-likeness (QED) is 0.848. The van der Waals surface area contributed by atoms with Crippen LogP contribution in [-0.4, -0.2) is 37.8 Å². The number of nitrogens with one attached hydrogen (secondary N) is 2. The van der Waals surface area contributed by atoms with Gasteiger partial charge in [0.05, 0.1) is 12.3 Å². The number of piperidine rings is 1. The third-order valence-electron chi connectivity index (χ3n) is 3.97. The molecule has 2 aliphatic rings. The minimum atomic E-state index is -3.58. The summed E-state index contributed by atoms with van der Waals surface area (Å²) in [5.41, 5.74) is 0. The molecule has 2 unspecified atom stereocenters. The molecule has 21 heavy (non-hydrogen) atoms. The number of amides is 1. The van der Waals surface area contributed by atoms with Crippen LogP contribution in [0.5, 0.6) is 0 Å². The van der Waals surface area contributed by atoms with Gasteiger partial charge >= 0.3 is 0 Å². The molecule has 2 fully saturated rings. The van der Waals surface area contributed by atoms with Crippen molar-refractivity contribution in [3.8, 4) is 0 Å². The fourth-order valence-electron chi connectivity index (χ4n) is 2.90. The monoisotopic (exact) mass is 313 g/mol. The predicted octanol–water partition coefficient (Wildman–Crippen LogP) is 0.529. The number of furan rings is 1. The zero-order valence-corrected chi connectivity index (χ0v) is 12.4. The first kappa shape index (κ1) is 14.6. The molecule has 2 saturated heterocycles. The van der Waals surface area contributed by atoms with Crippen LogP contribution in [-0.2, 0) is 15.0 Å². The van der Waals surface area contributed by atoms with E-state index in [9.17, 15) is 13.2 Å².